The van der Waals surface area contributed by atoms with Crippen LogP contribution in [0.25, 0.3) is 0 Å². The highest BCUT2D eigenvalue weighted by Crippen LogP contribution is 2.27. The molecule has 6 nitrogen and oxygen atoms in total. The average molecular weight is 289 g/mol. The Kier molecular flexibility index (Phi) is 4.26. The summed E-state index contributed by atoms with van der Waals surface area (Å²) in [5, 5.41) is 2.67. The minimum Gasteiger partial charge on any atom is -0.349 e. The number of nitrogens with zero attached hydrogens (tertiary/aromatic N) is 2. The molecular formula is C15H19N3O3. The fourth-order valence-electron chi connectivity index (χ4n) is 2.42. The Labute approximate surface area is 123 Å². The van der Waals surface area contributed by atoms with Crippen LogP contribution < -0.4 is 10.2 Å². The van der Waals surface area contributed by atoms with Crippen LogP contribution in [0.5, 0.6) is 0 Å². The molecule has 1 aliphatic heterocycles. The Bertz CT molecular complexity index is 566. The van der Waals surface area contributed by atoms with Crippen molar-refractivity contribution in [2.75, 3.05) is 30.9 Å². The number of carbonyl (C=O) groups excluding carboxylic acids is 3. The van der Waals surface area contributed by atoms with Crippen LogP contribution in [0.4, 0.5) is 11.4 Å². The smallest absolute Gasteiger partial charge is 0.227 e. The third-order valence-corrected chi connectivity index (χ3v) is 3.41. The molecule has 0 bridgehead atoms. The van der Waals surface area contributed by atoms with Crippen molar-refractivity contribution in [3.05, 3.63) is 24.3 Å². The maximum Gasteiger partial charge on any atom is 0.227 e. The fourth-order valence-corrected chi connectivity index (χ4v) is 2.42. The number of amides is 3. The number of benzene rings is 1. The molecule has 0 radical (unpaired) electrons. The van der Waals surface area contributed by atoms with Crippen molar-refractivity contribution in [1.82, 2.24) is 4.90 Å². The van der Waals surface area contributed by atoms with Crippen LogP contribution in [0.1, 0.15) is 13.3 Å². The predicted octanol–water partition coefficient (Wildman–Crippen LogP) is 1.09. The van der Waals surface area contributed by atoms with Crippen molar-refractivity contribution in [2.45, 2.75) is 13.3 Å². The van der Waals surface area contributed by atoms with E-state index in [-0.39, 0.29) is 30.1 Å². The van der Waals surface area contributed by atoms with Crippen LogP contribution in [0.15, 0.2) is 24.3 Å². The van der Waals surface area contributed by atoms with E-state index in [1.54, 1.807) is 43.3 Å². The molecule has 1 aromatic rings. The molecule has 0 spiro atoms. The van der Waals surface area contributed by atoms with Gasteiger partial charge < -0.3 is 15.1 Å². The van der Waals surface area contributed by atoms with Crippen molar-refractivity contribution in [1.29, 1.82) is 0 Å². The summed E-state index contributed by atoms with van der Waals surface area (Å²) in [7, 11) is 3.38. The number of anilines is 2. The van der Waals surface area contributed by atoms with Gasteiger partial charge >= 0.3 is 0 Å². The first-order valence-electron chi connectivity index (χ1n) is 6.77. The molecular weight excluding hydrogens is 270 g/mol. The third-order valence-electron chi connectivity index (χ3n) is 3.41. The van der Waals surface area contributed by atoms with E-state index >= 15 is 0 Å². The highest BCUT2D eigenvalue weighted by molar-refractivity contribution is 6.00. The SMILES string of the molecule is CC(=O)Nc1ccc(N2CC(C(=O)N(C)C)CC2=O)cc1. The molecule has 1 aromatic carbocycles. The van der Waals surface area contributed by atoms with Gasteiger partial charge in [-0.3, -0.25) is 14.4 Å². The molecule has 0 aromatic heterocycles. The first-order valence-corrected chi connectivity index (χ1v) is 6.77. The maximum atomic E-state index is 12.1. The van der Waals surface area contributed by atoms with Crippen molar-refractivity contribution in [3.63, 3.8) is 0 Å². The summed E-state index contributed by atoms with van der Waals surface area (Å²) in [5.41, 5.74) is 1.42. The Morgan fingerprint density at radius 1 is 1.24 bits per heavy atom. The standard InChI is InChI=1S/C15H19N3O3/c1-10(19)16-12-4-6-13(7-5-12)18-9-11(8-14(18)20)15(21)17(2)3/h4-7,11H,8-9H2,1-3H3,(H,16,19). The summed E-state index contributed by atoms with van der Waals surface area (Å²) in [6, 6.07) is 7.02. The predicted molar refractivity (Wildman–Crippen MR) is 79.9 cm³/mol. The Hall–Kier alpha value is -2.37. The maximum absolute atomic E-state index is 12.1. The lowest BCUT2D eigenvalue weighted by atomic mass is 10.1. The molecule has 0 saturated carbocycles. The van der Waals surface area contributed by atoms with E-state index < -0.39 is 0 Å². The van der Waals surface area contributed by atoms with Crippen LogP contribution in [0, 0.1) is 5.92 Å². The zero-order valence-corrected chi connectivity index (χ0v) is 12.4. The summed E-state index contributed by atoms with van der Waals surface area (Å²) >= 11 is 0. The van der Waals surface area contributed by atoms with Gasteiger partial charge in [0.05, 0.1) is 5.92 Å². The Morgan fingerprint density at radius 2 is 1.86 bits per heavy atom. The first-order chi connectivity index (χ1) is 9.88. The Morgan fingerprint density at radius 3 is 2.38 bits per heavy atom. The second kappa shape index (κ2) is 5.95. The van der Waals surface area contributed by atoms with Gasteiger partial charge in [-0.2, -0.15) is 0 Å². The largest absolute Gasteiger partial charge is 0.349 e. The summed E-state index contributed by atoms with van der Waals surface area (Å²) in [6.45, 7) is 1.84. The van der Waals surface area contributed by atoms with Crippen molar-refractivity contribution in [2.24, 2.45) is 5.92 Å². The summed E-state index contributed by atoms with van der Waals surface area (Å²) < 4.78 is 0. The van der Waals surface area contributed by atoms with E-state index in [9.17, 15) is 14.4 Å². The van der Waals surface area contributed by atoms with Gasteiger partial charge in [-0.1, -0.05) is 0 Å². The molecule has 1 aliphatic rings. The molecule has 6 heteroatoms. The molecule has 1 heterocycles. The fraction of sp³-hybridized carbons (Fsp3) is 0.400. The summed E-state index contributed by atoms with van der Waals surface area (Å²) in [5.74, 6) is -0.512. The lowest BCUT2D eigenvalue weighted by molar-refractivity contribution is -0.133. The average Bonchev–Trinajstić information content (AvgIpc) is 2.80. The molecule has 1 unspecified atom stereocenters. The number of nitrogens with one attached hydrogen (secondary N) is 1. The van der Waals surface area contributed by atoms with Gasteiger partial charge in [-0.25, -0.2) is 0 Å². The monoisotopic (exact) mass is 289 g/mol. The zero-order valence-electron chi connectivity index (χ0n) is 12.4. The van der Waals surface area contributed by atoms with Gasteiger partial charge in [0, 0.05) is 45.4 Å². The number of hydrogen-bond donors (Lipinski definition) is 1. The topological polar surface area (TPSA) is 69.7 Å². The van der Waals surface area contributed by atoms with Gasteiger partial charge in [-0.05, 0) is 24.3 Å². The molecule has 1 fully saturated rings. The van der Waals surface area contributed by atoms with E-state index in [0.29, 0.717) is 12.2 Å². The quantitative estimate of drug-likeness (QED) is 0.905. The minimum absolute atomic E-state index is 0.0271. The molecule has 1 N–H and O–H groups in total. The lowest BCUT2D eigenvalue weighted by Gasteiger charge is -2.18. The molecule has 21 heavy (non-hydrogen) atoms. The highest BCUT2D eigenvalue weighted by atomic mass is 16.2. The van der Waals surface area contributed by atoms with Gasteiger partial charge in [0.2, 0.25) is 17.7 Å². The summed E-state index contributed by atoms with van der Waals surface area (Å²) in [4.78, 5) is 38.1. The van der Waals surface area contributed by atoms with Crippen molar-refractivity contribution < 1.29 is 14.4 Å². The molecule has 2 rings (SSSR count). The number of carbonyl (C=O) groups is 3. The lowest BCUT2D eigenvalue weighted by Crippen LogP contribution is -2.32. The number of hydrogen-bond acceptors (Lipinski definition) is 3. The van der Waals surface area contributed by atoms with Crippen LogP contribution in [0.3, 0.4) is 0 Å². The van der Waals surface area contributed by atoms with Gasteiger partial charge in [0.15, 0.2) is 0 Å². The second-order valence-electron chi connectivity index (χ2n) is 5.37. The molecule has 0 aliphatic carbocycles. The van der Waals surface area contributed by atoms with Crippen molar-refractivity contribution >= 4 is 29.1 Å². The van der Waals surface area contributed by atoms with Crippen LogP contribution in [-0.4, -0.2) is 43.3 Å². The molecule has 1 atom stereocenters. The minimum atomic E-state index is -0.289. The summed E-state index contributed by atoms with van der Waals surface area (Å²) in [6.07, 6.45) is 0.241. The molecule has 3 amide bonds. The van der Waals surface area contributed by atoms with E-state index in [0.717, 1.165) is 5.69 Å². The van der Waals surface area contributed by atoms with Crippen LogP contribution in [-0.2, 0) is 14.4 Å². The zero-order chi connectivity index (χ0) is 15.6. The van der Waals surface area contributed by atoms with Crippen molar-refractivity contribution in [3.8, 4) is 0 Å². The van der Waals surface area contributed by atoms with Crippen LogP contribution in [0.2, 0.25) is 0 Å². The van der Waals surface area contributed by atoms with Gasteiger partial charge in [-0.15, -0.1) is 0 Å². The van der Waals surface area contributed by atoms with Gasteiger partial charge in [0.1, 0.15) is 0 Å². The normalized spacial score (nSPS) is 17.8. The van der Waals surface area contributed by atoms with Crippen LogP contribution >= 0.6 is 0 Å². The first kappa shape index (κ1) is 15.0. The molecule has 1 saturated heterocycles. The third kappa shape index (κ3) is 3.39. The molecule has 112 valence electrons. The van der Waals surface area contributed by atoms with E-state index in [1.165, 1.54) is 11.8 Å². The Balaban J connectivity index is 2.10. The second-order valence-corrected chi connectivity index (χ2v) is 5.37. The number of rotatable bonds is 3. The van der Waals surface area contributed by atoms with E-state index in [2.05, 4.69) is 5.32 Å². The van der Waals surface area contributed by atoms with E-state index in [1.807, 2.05) is 0 Å². The van der Waals surface area contributed by atoms with Gasteiger partial charge in [0.25, 0.3) is 0 Å². The highest BCUT2D eigenvalue weighted by Gasteiger charge is 2.35. The van der Waals surface area contributed by atoms with E-state index in [4.69, 9.17) is 0 Å².